The molecule has 0 aromatic rings. The second-order valence-electron chi connectivity index (χ2n) is 7.42. The second-order valence-corrected chi connectivity index (χ2v) is 7.42. The summed E-state index contributed by atoms with van der Waals surface area (Å²) in [4.78, 5) is 2.57. The first kappa shape index (κ1) is 16.9. The van der Waals surface area contributed by atoms with Crippen molar-refractivity contribution in [2.45, 2.75) is 66.0 Å². The molecule has 114 valence electrons. The lowest BCUT2D eigenvalue weighted by Gasteiger charge is -2.43. The Bertz CT molecular complexity index is 252. The van der Waals surface area contributed by atoms with Crippen molar-refractivity contribution in [3.05, 3.63) is 0 Å². The molecule has 0 radical (unpaired) electrons. The quantitative estimate of drug-likeness (QED) is 0.803. The fourth-order valence-electron chi connectivity index (χ4n) is 2.77. The van der Waals surface area contributed by atoms with E-state index in [-0.39, 0.29) is 11.0 Å². The number of ether oxygens (including phenoxy) is 1. The Morgan fingerprint density at radius 3 is 2.42 bits per heavy atom. The van der Waals surface area contributed by atoms with Crippen LogP contribution in [0, 0.1) is 5.41 Å². The zero-order chi connectivity index (χ0) is 14.5. The molecular weight excluding hydrogens is 236 g/mol. The van der Waals surface area contributed by atoms with Gasteiger partial charge >= 0.3 is 0 Å². The molecule has 1 fully saturated rings. The van der Waals surface area contributed by atoms with Crippen molar-refractivity contribution in [1.29, 1.82) is 0 Å². The summed E-state index contributed by atoms with van der Waals surface area (Å²) in [6.45, 7) is 18.7. The third kappa shape index (κ3) is 5.80. The Hall–Kier alpha value is -0.120. The van der Waals surface area contributed by atoms with Crippen LogP contribution in [-0.2, 0) is 4.74 Å². The zero-order valence-electron chi connectivity index (χ0n) is 13.9. The molecule has 1 unspecified atom stereocenters. The molecule has 1 aliphatic heterocycles. The Labute approximate surface area is 120 Å². The Kier molecular flexibility index (Phi) is 6.28. The van der Waals surface area contributed by atoms with E-state index in [2.05, 4.69) is 51.8 Å². The molecule has 0 bridgehead atoms. The van der Waals surface area contributed by atoms with Crippen LogP contribution in [0.4, 0.5) is 0 Å². The van der Waals surface area contributed by atoms with Crippen LogP contribution in [0.5, 0.6) is 0 Å². The SMILES string of the molecule is CCN(CC1(CNC(C)(C)C)CCCOC1)C(C)C. The smallest absolute Gasteiger partial charge is 0.0546 e. The number of rotatable bonds is 6. The van der Waals surface area contributed by atoms with Crippen LogP contribution >= 0.6 is 0 Å². The third-order valence-electron chi connectivity index (χ3n) is 4.07. The summed E-state index contributed by atoms with van der Waals surface area (Å²) in [7, 11) is 0. The normalized spacial score (nSPS) is 25.3. The van der Waals surface area contributed by atoms with Gasteiger partial charge in [0.25, 0.3) is 0 Å². The van der Waals surface area contributed by atoms with Gasteiger partial charge in [0.05, 0.1) is 6.61 Å². The van der Waals surface area contributed by atoms with Crippen molar-refractivity contribution in [3.8, 4) is 0 Å². The van der Waals surface area contributed by atoms with Gasteiger partial charge in [0, 0.05) is 36.7 Å². The Balaban J connectivity index is 2.69. The van der Waals surface area contributed by atoms with Gasteiger partial charge in [-0.25, -0.2) is 0 Å². The van der Waals surface area contributed by atoms with E-state index in [4.69, 9.17) is 4.74 Å². The Morgan fingerprint density at radius 2 is 2.00 bits per heavy atom. The monoisotopic (exact) mass is 270 g/mol. The maximum atomic E-state index is 5.81. The van der Waals surface area contributed by atoms with E-state index < -0.39 is 0 Å². The highest BCUT2D eigenvalue weighted by atomic mass is 16.5. The molecule has 0 amide bonds. The minimum atomic E-state index is 0.180. The van der Waals surface area contributed by atoms with Gasteiger partial charge in [0.15, 0.2) is 0 Å². The molecule has 0 aromatic heterocycles. The molecule has 1 atom stereocenters. The topological polar surface area (TPSA) is 24.5 Å². The van der Waals surface area contributed by atoms with Gasteiger partial charge in [0.1, 0.15) is 0 Å². The molecule has 3 heteroatoms. The van der Waals surface area contributed by atoms with Crippen LogP contribution in [-0.4, -0.2) is 49.3 Å². The molecule has 1 saturated heterocycles. The van der Waals surface area contributed by atoms with Gasteiger partial charge < -0.3 is 15.0 Å². The highest BCUT2D eigenvalue weighted by Gasteiger charge is 2.35. The van der Waals surface area contributed by atoms with Crippen molar-refractivity contribution < 1.29 is 4.74 Å². The lowest BCUT2D eigenvalue weighted by atomic mass is 9.81. The zero-order valence-corrected chi connectivity index (χ0v) is 13.9. The molecule has 1 heterocycles. The number of nitrogens with zero attached hydrogens (tertiary/aromatic N) is 1. The fourth-order valence-corrected chi connectivity index (χ4v) is 2.77. The fraction of sp³-hybridized carbons (Fsp3) is 1.00. The third-order valence-corrected chi connectivity index (χ3v) is 4.07. The summed E-state index contributed by atoms with van der Waals surface area (Å²) < 4.78 is 5.81. The van der Waals surface area contributed by atoms with E-state index in [1.54, 1.807) is 0 Å². The van der Waals surface area contributed by atoms with Crippen LogP contribution in [0.1, 0.15) is 54.4 Å². The highest BCUT2D eigenvalue weighted by Crippen LogP contribution is 2.30. The van der Waals surface area contributed by atoms with Crippen molar-refractivity contribution in [1.82, 2.24) is 10.2 Å². The van der Waals surface area contributed by atoms with E-state index >= 15 is 0 Å². The van der Waals surface area contributed by atoms with Gasteiger partial charge in [0.2, 0.25) is 0 Å². The molecular formula is C16H34N2O. The first-order chi connectivity index (χ1) is 8.78. The van der Waals surface area contributed by atoms with E-state index in [9.17, 15) is 0 Å². The molecule has 1 rings (SSSR count). The molecule has 1 N–H and O–H groups in total. The molecule has 0 aromatic carbocycles. The Morgan fingerprint density at radius 1 is 1.32 bits per heavy atom. The molecule has 0 saturated carbocycles. The second kappa shape index (κ2) is 7.05. The van der Waals surface area contributed by atoms with Gasteiger partial charge in [-0.2, -0.15) is 0 Å². The first-order valence-electron chi connectivity index (χ1n) is 7.85. The van der Waals surface area contributed by atoms with Crippen LogP contribution in [0.25, 0.3) is 0 Å². The summed E-state index contributed by atoms with van der Waals surface area (Å²) in [5.74, 6) is 0. The summed E-state index contributed by atoms with van der Waals surface area (Å²) in [5.41, 5.74) is 0.463. The average Bonchev–Trinajstić information content (AvgIpc) is 2.34. The molecule has 1 aliphatic rings. The number of hydrogen-bond donors (Lipinski definition) is 1. The lowest BCUT2D eigenvalue weighted by molar-refractivity contribution is -0.0324. The van der Waals surface area contributed by atoms with E-state index in [1.165, 1.54) is 12.8 Å². The minimum Gasteiger partial charge on any atom is -0.381 e. The summed E-state index contributed by atoms with van der Waals surface area (Å²) in [6.07, 6.45) is 2.47. The largest absolute Gasteiger partial charge is 0.381 e. The highest BCUT2D eigenvalue weighted by molar-refractivity contribution is 4.90. The van der Waals surface area contributed by atoms with Crippen molar-refractivity contribution >= 4 is 0 Å². The molecule has 0 aliphatic carbocycles. The van der Waals surface area contributed by atoms with Crippen LogP contribution in [0.15, 0.2) is 0 Å². The predicted molar refractivity (Wildman–Crippen MR) is 82.6 cm³/mol. The van der Waals surface area contributed by atoms with Gasteiger partial charge in [-0.3, -0.25) is 0 Å². The lowest BCUT2D eigenvalue weighted by Crippen LogP contribution is -2.53. The average molecular weight is 270 g/mol. The van der Waals surface area contributed by atoms with Crippen LogP contribution in [0.2, 0.25) is 0 Å². The van der Waals surface area contributed by atoms with E-state index in [0.717, 1.165) is 32.8 Å². The minimum absolute atomic E-state index is 0.180. The summed E-state index contributed by atoms with van der Waals surface area (Å²) in [5, 5.41) is 3.69. The number of hydrogen-bond acceptors (Lipinski definition) is 3. The van der Waals surface area contributed by atoms with Crippen molar-refractivity contribution in [3.63, 3.8) is 0 Å². The number of nitrogens with one attached hydrogen (secondary N) is 1. The predicted octanol–water partition coefficient (Wildman–Crippen LogP) is 2.90. The molecule has 19 heavy (non-hydrogen) atoms. The van der Waals surface area contributed by atoms with Crippen LogP contribution < -0.4 is 5.32 Å². The van der Waals surface area contributed by atoms with Crippen molar-refractivity contribution in [2.75, 3.05) is 32.8 Å². The van der Waals surface area contributed by atoms with Gasteiger partial charge in [-0.15, -0.1) is 0 Å². The van der Waals surface area contributed by atoms with E-state index in [1.807, 2.05) is 0 Å². The maximum Gasteiger partial charge on any atom is 0.0546 e. The molecule has 0 spiro atoms. The van der Waals surface area contributed by atoms with Crippen LogP contribution in [0.3, 0.4) is 0 Å². The van der Waals surface area contributed by atoms with Crippen molar-refractivity contribution in [2.24, 2.45) is 5.41 Å². The molecule has 3 nitrogen and oxygen atoms in total. The maximum absolute atomic E-state index is 5.81. The van der Waals surface area contributed by atoms with Gasteiger partial charge in [-0.1, -0.05) is 6.92 Å². The van der Waals surface area contributed by atoms with Gasteiger partial charge in [-0.05, 0) is 54.0 Å². The van der Waals surface area contributed by atoms with E-state index in [0.29, 0.717) is 6.04 Å². The standard InChI is InChI=1S/C16H34N2O/c1-7-18(14(2)3)12-16(9-8-10-19-13-16)11-17-15(4,5)6/h14,17H,7-13H2,1-6H3. The summed E-state index contributed by atoms with van der Waals surface area (Å²) >= 11 is 0. The first-order valence-corrected chi connectivity index (χ1v) is 7.85. The summed E-state index contributed by atoms with van der Waals surface area (Å²) in [6, 6.07) is 0.610.